The predicted octanol–water partition coefficient (Wildman–Crippen LogP) is 0.459. The van der Waals surface area contributed by atoms with E-state index in [-0.39, 0.29) is 5.82 Å². The van der Waals surface area contributed by atoms with Gasteiger partial charge >= 0.3 is 0 Å². The average Bonchev–Trinajstić information content (AvgIpc) is 2.46. The van der Waals surface area contributed by atoms with Crippen molar-refractivity contribution >= 4 is 22.6 Å². The van der Waals surface area contributed by atoms with Crippen LogP contribution in [0.15, 0.2) is 24.5 Å². The van der Waals surface area contributed by atoms with Crippen LogP contribution in [0.4, 0.5) is 10.2 Å². The number of nitrogens with zero attached hydrogens (tertiary/aromatic N) is 3. The fourth-order valence-electron chi connectivity index (χ4n) is 2.28. The summed E-state index contributed by atoms with van der Waals surface area (Å²) in [5.41, 5.74) is 5.91. The number of ether oxygens (including phenoxy) is 1. The molecule has 1 aromatic heterocycles. The van der Waals surface area contributed by atoms with Crippen molar-refractivity contribution in [3.05, 3.63) is 30.3 Å². The average molecular weight is 276 g/mol. The minimum Gasteiger partial charge on any atom is -0.367 e. The third-order valence-electron chi connectivity index (χ3n) is 3.26. The van der Waals surface area contributed by atoms with E-state index in [2.05, 4.69) is 9.97 Å². The van der Waals surface area contributed by atoms with Gasteiger partial charge in [0.25, 0.3) is 0 Å². The SMILES string of the molecule is NC(=O)C1CN(c2ncnc3ccc(F)cc23)CCO1. The van der Waals surface area contributed by atoms with Gasteiger partial charge in [-0.3, -0.25) is 4.79 Å². The number of aromatic nitrogens is 2. The minimum atomic E-state index is -0.678. The Hall–Kier alpha value is -2.28. The molecule has 0 aliphatic carbocycles. The Morgan fingerprint density at radius 1 is 1.45 bits per heavy atom. The maximum atomic E-state index is 13.4. The summed E-state index contributed by atoms with van der Waals surface area (Å²) in [4.78, 5) is 21.4. The van der Waals surface area contributed by atoms with E-state index in [1.165, 1.54) is 18.5 Å². The van der Waals surface area contributed by atoms with Crippen LogP contribution in [0.25, 0.3) is 10.9 Å². The number of rotatable bonds is 2. The first-order chi connectivity index (χ1) is 9.65. The number of nitrogens with two attached hydrogens (primary N) is 1. The molecule has 104 valence electrons. The summed E-state index contributed by atoms with van der Waals surface area (Å²) in [7, 11) is 0. The molecule has 0 spiro atoms. The third kappa shape index (κ3) is 2.27. The van der Waals surface area contributed by atoms with E-state index in [0.29, 0.717) is 36.4 Å². The van der Waals surface area contributed by atoms with Gasteiger partial charge in [-0.05, 0) is 18.2 Å². The molecule has 2 aromatic rings. The summed E-state index contributed by atoms with van der Waals surface area (Å²) in [6, 6.07) is 4.34. The highest BCUT2D eigenvalue weighted by molar-refractivity contribution is 5.89. The van der Waals surface area contributed by atoms with Crippen LogP contribution in [0.3, 0.4) is 0 Å². The maximum absolute atomic E-state index is 13.4. The van der Waals surface area contributed by atoms with E-state index in [4.69, 9.17) is 10.5 Å². The first-order valence-corrected chi connectivity index (χ1v) is 6.21. The molecule has 0 bridgehead atoms. The zero-order valence-corrected chi connectivity index (χ0v) is 10.6. The summed E-state index contributed by atoms with van der Waals surface area (Å²) in [5.74, 6) is -0.281. The van der Waals surface area contributed by atoms with E-state index in [1.54, 1.807) is 6.07 Å². The highest BCUT2D eigenvalue weighted by Crippen LogP contribution is 2.25. The summed E-state index contributed by atoms with van der Waals surface area (Å²) in [6.45, 7) is 1.23. The lowest BCUT2D eigenvalue weighted by Crippen LogP contribution is -2.48. The molecule has 1 atom stereocenters. The summed E-state index contributed by atoms with van der Waals surface area (Å²) in [6.07, 6.45) is 0.743. The highest BCUT2D eigenvalue weighted by atomic mass is 19.1. The number of halogens is 1. The first kappa shape index (κ1) is 12.7. The second-order valence-corrected chi connectivity index (χ2v) is 4.57. The first-order valence-electron chi connectivity index (χ1n) is 6.21. The number of benzene rings is 1. The summed E-state index contributed by atoms with van der Waals surface area (Å²) in [5, 5.41) is 0.609. The number of anilines is 1. The number of primary amides is 1. The van der Waals surface area contributed by atoms with Crippen molar-refractivity contribution in [3.63, 3.8) is 0 Å². The van der Waals surface area contributed by atoms with Crippen LogP contribution >= 0.6 is 0 Å². The van der Waals surface area contributed by atoms with E-state index in [0.717, 1.165) is 0 Å². The molecule has 1 aliphatic heterocycles. The predicted molar refractivity (Wildman–Crippen MR) is 70.6 cm³/mol. The number of morpholine rings is 1. The van der Waals surface area contributed by atoms with Gasteiger partial charge in [0.15, 0.2) is 6.10 Å². The topological polar surface area (TPSA) is 81.3 Å². The van der Waals surface area contributed by atoms with Crippen LogP contribution in [0.1, 0.15) is 0 Å². The largest absolute Gasteiger partial charge is 0.367 e. The standard InChI is InChI=1S/C13H13FN4O2/c14-8-1-2-10-9(5-8)13(17-7-16-10)18-3-4-20-11(6-18)12(15)19/h1-2,5,7,11H,3-4,6H2,(H2,15,19). The molecular formula is C13H13FN4O2. The van der Waals surface area contributed by atoms with E-state index in [9.17, 15) is 9.18 Å². The molecule has 1 aliphatic rings. The van der Waals surface area contributed by atoms with E-state index < -0.39 is 12.0 Å². The Bertz CT molecular complexity index is 664. The molecule has 1 amide bonds. The quantitative estimate of drug-likeness (QED) is 0.861. The fourth-order valence-corrected chi connectivity index (χ4v) is 2.28. The molecule has 0 radical (unpaired) electrons. The van der Waals surface area contributed by atoms with Crippen LogP contribution < -0.4 is 10.6 Å². The van der Waals surface area contributed by atoms with Gasteiger partial charge in [-0.25, -0.2) is 14.4 Å². The van der Waals surface area contributed by atoms with Gasteiger partial charge in [0.2, 0.25) is 5.91 Å². The van der Waals surface area contributed by atoms with Gasteiger partial charge < -0.3 is 15.4 Å². The van der Waals surface area contributed by atoms with Crippen LogP contribution in [-0.2, 0) is 9.53 Å². The smallest absolute Gasteiger partial charge is 0.248 e. The summed E-state index contributed by atoms with van der Waals surface area (Å²) < 4.78 is 18.7. The second kappa shape index (κ2) is 5.01. The highest BCUT2D eigenvalue weighted by Gasteiger charge is 2.26. The molecule has 3 rings (SSSR count). The van der Waals surface area contributed by atoms with Crippen molar-refractivity contribution in [2.75, 3.05) is 24.6 Å². The Morgan fingerprint density at radius 3 is 3.10 bits per heavy atom. The Balaban J connectivity index is 2.01. The molecular weight excluding hydrogens is 263 g/mol. The molecule has 0 saturated carbocycles. The van der Waals surface area contributed by atoms with Gasteiger partial charge in [-0.2, -0.15) is 0 Å². The lowest BCUT2D eigenvalue weighted by atomic mass is 10.2. The Kier molecular flexibility index (Phi) is 3.19. The third-order valence-corrected chi connectivity index (χ3v) is 3.26. The van der Waals surface area contributed by atoms with Gasteiger partial charge in [-0.1, -0.05) is 0 Å². The van der Waals surface area contributed by atoms with Gasteiger partial charge in [0.1, 0.15) is 18.0 Å². The molecule has 1 saturated heterocycles. The fraction of sp³-hybridized carbons (Fsp3) is 0.308. The van der Waals surface area contributed by atoms with Gasteiger partial charge in [0, 0.05) is 11.9 Å². The molecule has 2 N–H and O–H groups in total. The lowest BCUT2D eigenvalue weighted by molar-refractivity contribution is -0.130. The van der Waals surface area contributed by atoms with Crippen LogP contribution in [0, 0.1) is 5.82 Å². The van der Waals surface area contributed by atoms with E-state index in [1.807, 2.05) is 4.90 Å². The number of carbonyl (C=O) groups is 1. The Labute approximate surface area is 114 Å². The molecule has 1 aromatic carbocycles. The van der Waals surface area contributed by atoms with Crippen LogP contribution in [0.5, 0.6) is 0 Å². The number of amides is 1. The van der Waals surface area contributed by atoms with Crippen molar-refractivity contribution in [1.29, 1.82) is 0 Å². The van der Waals surface area contributed by atoms with Crippen molar-refractivity contribution in [1.82, 2.24) is 9.97 Å². The van der Waals surface area contributed by atoms with Gasteiger partial charge in [-0.15, -0.1) is 0 Å². The Morgan fingerprint density at radius 2 is 2.30 bits per heavy atom. The monoisotopic (exact) mass is 276 g/mol. The number of hydrogen-bond donors (Lipinski definition) is 1. The molecule has 2 heterocycles. The zero-order valence-electron chi connectivity index (χ0n) is 10.6. The number of hydrogen-bond acceptors (Lipinski definition) is 5. The molecule has 1 fully saturated rings. The lowest BCUT2D eigenvalue weighted by Gasteiger charge is -2.32. The maximum Gasteiger partial charge on any atom is 0.248 e. The molecule has 6 nitrogen and oxygen atoms in total. The molecule has 1 unspecified atom stereocenters. The van der Waals surface area contributed by atoms with Crippen molar-refractivity contribution in [2.45, 2.75) is 6.10 Å². The van der Waals surface area contributed by atoms with Gasteiger partial charge in [0.05, 0.1) is 18.7 Å². The van der Waals surface area contributed by atoms with Crippen LogP contribution in [0.2, 0.25) is 0 Å². The van der Waals surface area contributed by atoms with Crippen molar-refractivity contribution < 1.29 is 13.9 Å². The zero-order chi connectivity index (χ0) is 14.1. The summed E-state index contributed by atoms with van der Waals surface area (Å²) >= 11 is 0. The number of fused-ring (bicyclic) bond motifs is 1. The number of carbonyl (C=O) groups excluding carboxylic acids is 1. The molecule has 20 heavy (non-hydrogen) atoms. The van der Waals surface area contributed by atoms with Crippen molar-refractivity contribution in [3.8, 4) is 0 Å². The van der Waals surface area contributed by atoms with Crippen LogP contribution in [-0.4, -0.2) is 41.7 Å². The minimum absolute atomic E-state index is 0.304. The normalized spacial score (nSPS) is 19.2. The molecule has 7 heteroatoms. The van der Waals surface area contributed by atoms with E-state index >= 15 is 0 Å². The van der Waals surface area contributed by atoms with Crippen molar-refractivity contribution in [2.24, 2.45) is 5.73 Å². The second-order valence-electron chi connectivity index (χ2n) is 4.57.